The maximum atomic E-state index is 12.5. The van der Waals surface area contributed by atoms with E-state index in [1.54, 1.807) is 6.20 Å². The van der Waals surface area contributed by atoms with Gasteiger partial charge < -0.3 is 14.7 Å². The molecule has 1 aliphatic heterocycles. The molecule has 4 rings (SSSR count). The molecular weight excluding hydrogens is 366 g/mol. The number of nitrogens with zero attached hydrogens (tertiary/aromatic N) is 4. The van der Waals surface area contributed by atoms with Gasteiger partial charge in [0.25, 0.3) is 5.91 Å². The van der Waals surface area contributed by atoms with Crippen LogP contribution < -0.4 is 10.2 Å². The highest BCUT2D eigenvalue weighted by Crippen LogP contribution is 2.26. The van der Waals surface area contributed by atoms with E-state index < -0.39 is 0 Å². The number of amides is 1. The number of aromatic nitrogens is 2. The fraction of sp³-hybridized carbons (Fsp3) is 0.318. The maximum absolute atomic E-state index is 12.5. The summed E-state index contributed by atoms with van der Waals surface area (Å²) in [4.78, 5) is 21.3. The van der Waals surface area contributed by atoms with Crippen molar-refractivity contribution in [1.29, 1.82) is 0 Å². The number of hydrogen-bond acceptors (Lipinski definition) is 6. The lowest BCUT2D eigenvalue weighted by Crippen LogP contribution is -2.48. The molecule has 29 heavy (non-hydrogen) atoms. The fourth-order valence-electron chi connectivity index (χ4n) is 3.62. The molecule has 3 aromatic rings. The van der Waals surface area contributed by atoms with E-state index in [1.165, 1.54) is 0 Å². The molecule has 7 nitrogen and oxygen atoms in total. The second-order valence-corrected chi connectivity index (χ2v) is 7.03. The van der Waals surface area contributed by atoms with Gasteiger partial charge in [-0.05, 0) is 25.1 Å². The first-order chi connectivity index (χ1) is 14.3. The maximum Gasteiger partial charge on any atom is 0.270 e. The molecule has 0 radical (unpaired) electrons. The largest absolute Gasteiger partial charge is 0.354 e. The number of para-hydroxylation sites is 1. The lowest BCUT2D eigenvalue weighted by Gasteiger charge is -2.34. The standard InChI is InChI=1S/C22H25N5O2/c1-2-6-17-7-5-10-23-20(17)22(28)24-11-12-26-13-15-27(16-14-26)21-18-8-3-4-9-19(18)29-25-21/h2-10H,11-16H2,1H3,(H,24,28)/b6-2-. The van der Waals surface area contributed by atoms with E-state index in [2.05, 4.69) is 25.3 Å². The number of anilines is 1. The minimum absolute atomic E-state index is 0.133. The van der Waals surface area contributed by atoms with Crippen LogP contribution in [0.3, 0.4) is 0 Å². The van der Waals surface area contributed by atoms with E-state index in [0.717, 1.165) is 55.1 Å². The third-order valence-corrected chi connectivity index (χ3v) is 5.14. The Balaban J connectivity index is 1.27. The molecule has 1 aliphatic rings. The second-order valence-electron chi connectivity index (χ2n) is 7.03. The van der Waals surface area contributed by atoms with Crippen LogP contribution in [-0.4, -0.2) is 60.2 Å². The molecule has 0 atom stereocenters. The molecule has 1 aromatic carbocycles. The van der Waals surface area contributed by atoms with Gasteiger partial charge in [-0.3, -0.25) is 14.7 Å². The van der Waals surface area contributed by atoms with Crippen LogP contribution in [0.2, 0.25) is 0 Å². The highest BCUT2D eigenvalue weighted by atomic mass is 16.5. The summed E-state index contributed by atoms with van der Waals surface area (Å²) in [7, 11) is 0. The molecule has 1 saturated heterocycles. The Kier molecular flexibility index (Phi) is 5.86. The van der Waals surface area contributed by atoms with Crippen LogP contribution in [0.1, 0.15) is 23.0 Å². The van der Waals surface area contributed by atoms with Crippen molar-refractivity contribution < 1.29 is 9.32 Å². The Hall–Kier alpha value is -3.19. The lowest BCUT2D eigenvalue weighted by molar-refractivity contribution is 0.0942. The van der Waals surface area contributed by atoms with Crippen LogP contribution in [0.15, 0.2) is 53.2 Å². The highest BCUT2D eigenvalue weighted by Gasteiger charge is 2.21. The van der Waals surface area contributed by atoms with Gasteiger partial charge in [0.1, 0.15) is 5.69 Å². The van der Waals surface area contributed by atoms with Crippen molar-refractivity contribution in [3.05, 3.63) is 59.9 Å². The summed E-state index contributed by atoms with van der Waals surface area (Å²) < 4.78 is 5.43. The molecule has 0 saturated carbocycles. The predicted molar refractivity (Wildman–Crippen MR) is 114 cm³/mol. The highest BCUT2D eigenvalue weighted by molar-refractivity contribution is 5.95. The van der Waals surface area contributed by atoms with E-state index >= 15 is 0 Å². The van der Waals surface area contributed by atoms with Crippen molar-refractivity contribution in [1.82, 2.24) is 20.4 Å². The van der Waals surface area contributed by atoms with Crippen LogP contribution in [0.4, 0.5) is 5.82 Å². The lowest BCUT2D eigenvalue weighted by atomic mass is 10.1. The summed E-state index contributed by atoms with van der Waals surface area (Å²) in [6.07, 6.45) is 5.45. The second kappa shape index (κ2) is 8.87. The number of rotatable bonds is 6. The average molecular weight is 391 g/mol. The van der Waals surface area contributed by atoms with Gasteiger partial charge >= 0.3 is 0 Å². The Morgan fingerprint density at radius 1 is 1.17 bits per heavy atom. The van der Waals surface area contributed by atoms with E-state index in [-0.39, 0.29) is 5.91 Å². The van der Waals surface area contributed by atoms with Gasteiger partial charge in [0.2, 0.25) is 0 Å². The summed E-state index contributed by atoms with van der Waals surface area (Å²) >= 11 is 0. The van der Waals surface area contributed by atoms with Crippen LogP contribution in [0, 0.1) is 0 Å². The first-order valence-electron chi connectivity index (χ1n) is 9.94. The Morgan fingerprint density at radius 3 is 2.83 bits per heavy atom. The topological polar surface area (TPSA) is 74.5 Å². The first kappa shape index (κ1) is 19.1. The molecule has 0 aliphatic carbocycles. The SMILES string of the molecule is C/C=C\c1cccnc1C(=O)NCCN1CCN(c2noc3ccccc23)CC1. The van der Waals surface area contributed by atoms with Crippen molar-refractivity contribution >= 4 is 28.8 Å². The zero-order chi connectivity index (χ0) is 20.1. The summed E-state index contributed by atoms with van der Waals surface area (Å²) in [6.45, 7) is 6.94. The molecule has 0 bridgehead atoms. The Bertz CT molecular complexity index is 1010. The number of benzene rings is 1. The fourth-order valence-corrected chi connectivity index (χ4v) is 3.62. The normalized spacial score (nSPS) is 15.3. The predicted octanol–water partition coefficient (Wildman–Crippen LogP) is 2.81. The van der Waals surface area contributed by atoms with E-state index in [0.29, 0.717) is 12.2 Å². The van der Waals surface area contributed by atoms with Crippen molar-refractivity contribution in [3.8, 4) is 0 Å². The number of nitrogens with one attached hydrogen (secondary N) is 1. The summed E-state index contributed by atoms with van der Waals surface area (Å²) in [5.41, 5.74) is 2.12. The molecule has 7 heteroatoms. The molecule has 1 amide bonds. The van der Waals surface area contributed by atoms with E-state index in [1.807, 2.05) is 55.5 Å². The van der Waals surface area contributed by atoms with Crippen LogP contribution in [-0.2, 0) is 0 Å². The molecule has 0 spiro atoms. The number of pyridine rings is 1. The van der Waals surface area contributed by atoms with Crippen LogP contribution in [0.5, 0.6) is 0 Å². The third kappa shape index (κ3) is 4.30. The zero-order valence-electron chi connectivity index (χ0n) is 16.5. The van der Waals surface area contributed by atoms with Crippen LogP contribution in [0.25, 0.3) is 17.0 Å². The van der Waals surface area contributed by atoms with Gasteiger partial charge in [0, 0.05) is 51.0 Å². The van der Waals surface area contributed by atoms with Crippen molar-refractivity contribution in [2.75, 3.05) is 44.2 Å². The summed E-state index contributed by atoms with van der Waals surface area (Å²) in [5.74, 6) is 0.784. The van der Waals surface area contributed by atoms with E-state index in [9.17, 15) is 4.79 Å². The Morgan fingerprint density at radius 2 is 2.00 bits per heavy atom. The van der Waals surface area contributed by atoms with Gasteiger partial charge in [0.15, 0.2) is 11.4 Å². The third-order valence-electron chi connectivity index (χ3n) is 5.14. The van der Waals surface area contributed by atoms with Gasteiger partial charge in [-0.2, -0.15) is 0 Å². The average Bonchev–Trinajstić information content (AvgIpc) is 3.19. The number of fused-ring (bicyclic) bond motifs is 1. The summed E-state index contributed by atoms with van der Waals surface area (Å²) in [6, 6.07) is 11.7. The molecule has 0 unspecified atom stereocenters. The zero-order valence-corrected chi connectivity index (χ0v) is 16.5. The number of allylic oxidation sites excluding steroid dienone is 1. The number of carbonyl (C=O) groups excluding carboxylic acids is 1. The van der Waals surface area contributed by atoms with Gasteiger partial charge in [0.05, 0.1) is 5.39 Å². The van der Waals surface area contributed by atoms with Gasteiger partial charge in [-0.15, -0.1) is 0 Å². The van der Waals surface area contributed by atoms with E-state index in [4.69, 9.17) is 4.52 Å². The molecular formula is C22H25N5O2. The molecule has 150 valence electrons. The van der Waals surface area contributed by atoms with Crippen molar-refractivity contribution in [2.24, 2.45) is 0 Å². The number of carbonyl (C=O) groups is 1. The molecule has 2 aromatic heterocycles. The van der Waals surface area contributed by atoms with Gasteiger partial charge in [-0.25, -0.2) is 0 Å². The molecule has 1 N–H and O–H groups in total. The minimum atomic E-state index is -0.133. The van der Waals surface area contributed by atoms with Crippen molar-refractivity contribution in [3.63, 3.8) is 0 Å². The first-order valence-corrected chi connectivity index (χ1v) is 9.94. The van der Waals surface area contributed by atoms with Crippen molar-refractivity contribution in [2.45, 2.75) is 6.92 Å². The quantitative estimate of drug-likeness (QED) is 0.697. The monoisotopic (exact) mass is 391 g/mol. The van der Waals surface area contributed by atoms with Crippen LogP contribution >= 0.6 is 0 Å². The smallest absolute Gasteiger partial charge is 0.270 e. The molecule has 1 fully saturated rings. The minimum Gasteiger partial charge on any atom is -0.354 e. The number of hydrogen-bond donors (Lipinski definition) is 1. The Labute approximate surface area is 170 Å². The van der Waals surface area contributed by atoms with Gasteiger partial charge in [-0.1, -0.05) is 35.5 Å². The molecule has 3 heterocycles. The summed E-state index contributed by atoms with van der Waals surface area (Å²) in [5, 5.41) is 8.30. The number of piperazine rings is 1.